The third kappa shape index (κ3) is 1.41. The lowest BCUT2D eigenvalue weighted by molar-refractivity contribution is 0.127. The van der Waals surface area contributed by atoms with Gasteiger partial charge in [-0.15, -0.1) is 0 Å². The lowest BCUT2D eigenvalue weighted by Crippen LogP contribution is -2.27. The Hall–Kier alpha value is -1.76. The van der Waals surface area contributed by atoms with E-state index in [9.17, 15) is 4.39 Å². The summed E-state index contributed by atoms with van der Waals surface area (Å²) < 4.78 is 23.0. The van der Waals surface area contributed by atoms with Gasteiger partial charge in [0.1, 0.15) is 18.5 Å². The number of halogens is 1. The van der Waals surface area contributed by atoms with E-state index in [0.29, 0.717) is 11.5 Å². The van der Waals surface area contributed by atoms with E-state index in [1.54, 1.807) is 0 Å². The van der Waals surface area contributed by atoms with E-state index in [4.69, 9.17) is 14.7 Å². The van der Waals surface area contributed by atoms with Crippen LogP contribution in [-0.4, -0.2) is 12.7 Å². The molecule has 66 valence electrons. The van der Waals surface area contributed by atoms with Crippen LogP contribution in [0.2, 0.25) is 0 Å². The molecule has 0 saturated carbocycles. The molecule has 1 aliphatic rings. The van der Waals surface area contributed by atoms with Crippen LogP contribution in [0.15, 0.2) is 18.2 Å². The maximum Gasteiger partial charge on any atom is 0.218 e. The number of fused-ring (bicyclic) bond motifs is 1. The van der Waals surface area contributed by atoms with Crippen molar-refractivity contribution in [3.8, 4) is 17.6 Å². The molecule has 0 spiro atoms. The first-order valence-electron chi connectivity index (χ1n) is 3.78. The molecule has 4 heteroatoms. The zero-order valence-corrected chi connectivity index (χ0v) is 6.66. The molecule has 0 N–H and O–H groups in total. The summed E-state index contributed by atoms with van der Waals surface area (Å²) in [6.45, 7) is 0.146. The highest BCUT2D eigenvalue weighted by atomic mass is 19.1. The molecule has 0 aromatic heterocycles. The highest BCUT2D eigenvalue weighted by Gasteiger charge is 2.20. The van der Waals surface area contributed by atoms with Gasteiger partial charge in [0.15, 0.2) is 11.5 Å². The lowest BCUT2D eigenvalue weighted by Gasteiger charge is -2.21. The molecule has 0 radical (unpaired) electrons. The fourth-order valence-corrected chi connectivity index (χ4v) is 1.11. The summed E-state index contributed by atoms with van der Waals surface area (Å²) in [4.78, 5) is 0. The van der Waals surface area contributed by atoms with Gasteiger partial charge in [-0.3, -0.25) is 0 Å². The topological polar surface area (TPSA) is 42.2 Å². The predicted molar refractivity (Wildman–Crippen MR) is 41.9 cm³/mol. The maximum absolute atomic E-state index is 12.7. The highest BCUT2D eigenvalue weighted by molar-refractivity contribution is 5.41. The minimum Gasteiger partial charge on any atom is -0.485 e. The molecule has 1 heterocycles. The van der Waals surface area contributed by atoms with Crippen molar-refractivity contribution in [3.05, 3.63) is 24.0 Å². The van der Waals surface area contributed by atoms with E-state index >= 15 is 0 Å². The van der Waals surface area contributed by atoms with Crippen molar-refractivity contribution in [1.82, 2.24) is 0 Å². The SMILES string of the molecule is N#CC1COc2cc(F)ccc2O1. The number of hydrogen-bond acceptors (Lipinski definition) is 3. The average Bonchev–Trinajstić information content (AvgIpc) is 2.17. The molecular formula is C9H6FNO2. The molecule has 0 amide bonds. The zero-order chi connectivity index (χ0) is 9.26. The molecule has 0 saturated heterocycles. The second kappa shape index (κ2) is 2.94. The zero-order valence-electron chi connectivity index (χ0n) is 6.66. The van der Waals surface area contributed by atoms with Gasteiger partial charge >= 0.3 is 0 Å². The summed E-state index contributed by atoms with van der Waals surface area (Å²) in [5.74, 6) is 0.392. The van der Waals surface area contributed by atoms with Crippen molar-refractivity contribution in [1.29, 1.82) is 5.26 Å². The van der Waals surface area contributed by atoms with Crippen LogP contribution in [-0.2, 0) is 0 Å². The lowest BCUT2D eigenvalue weighted by atomic mass is 10.2. The molecule has 1 unspecified atom stereocenters. The third-order valence-corrected chi connectivity index (χ3v) is 1.71. The fourth-order valence-electron chi connectivity index (χ4n) is 1.11. The van der Waals surface area contributed by atoms with Crippen molar-refractivity contribution >= 4 is 0 Å². The molecule has 2 rings (SSSR count). The molecule has 0 bridgehead atoms. The number of nitrogens with zero attached hydrogens (tertiary/aromatic N) is 1. The smallest absolute Gasteiger partial charge is 0.218 e. The Bertz CT molecular complexity index is 372. The molecule has 0 aliphatic carbocycles. The maximum atomic E-state index is 12.7. The van der Waals surface area contributed by atoms with Gasteiger partial charge in [-0.2, -0.15) is 5.26 Å². The Morgan fingerprint density at radius 2 is 2.31 bits per heavy atom. The first-order valence-corrected chi connectivity index (χ1v) is 3.78. The highest BCUT2D eigenvalue weighted by Crippen LogP contribution is 2.31. The Morgan fingerprint density at radius 1 is 1.46 bits per heavy atom. The van der Waals surface area contributed by atoms with E-state index in [-0.39, 0.29) is 12.4 Å². The summed E-state index contributed by atoms with van der Waals surface area (Å²) in [6, 6.07) is 5.88. The Labute approximate surface area is 74.3 Å². The van der Waals surface area contributed by atoms with Crippen molar-refractivity contribution < 1.29 is 13.9 Å². The van der Waals surface area contributed by atoms with Crippen LogP contribution in [0.1, 0.15) is 0 Å². The normalized spacial score (nSPS) is 19.2. The molecule has 1 aliphatic heterocycles. The van der Waals surface area contributed by atoms with Gasteiger partial charge in [-0.25, -0.2) is 4.39 Å². The average molecular weight is 179 g/mol. The predicted octanol–water partition coefficient (Wildman–Crippen LogP) is 1.49. The summed E-state index contributed by atoms with van der Waals surface area (Å²) in [5.41, 5.74) is 0. The van der Waals surface area contributed by atoms with E-state index in [1.807, 2.05) is 6.07 Å². The Morgan fingerprint density at radius 3 is 3.08 bits per heavy atom. The Kier molecular flexibility index (Phi) is 1.78. The number of nitriles is 1. The van der Waals surface area contributed by atoms with Gasteiger partial charge in [0.2, 0.25) is 6.10 Å². The second-order valence-electron chi connectivity index (χ2n) is 2.64. The van der Waals surface area contributed by atoms with Crippen LogP contribution in [0.25, 0.3) is 0 Å². The minimum absolute atomic E-state index is 0.146. The Balaban J connectivity index is 2.32. The van der Waals surface area contributed by atoms with Crippen molar-refractivity contribution in [2.24, 2.45) is 0 Å². The number of hydrogen-bond donors (Lipinski definition) is 0. The van der Waals surface area contributed by atoms with Crippen LogP contribution < -0.4 is 9.47 Å². The van der Waals surface area contributed by atoms with Crippen LogP contribution in [0.5, 0.6) is 11.5 Å². The van der Waals surface area contributed by atoms with Crippen LogP contribution >= 0.6 is 0 Å². The quantitative estimate of drug-likeness (QED) is 0.605. The summed E-state index contributed by atoms with van der Waals surface area (Å²) in [7, 11) is 0. The van der Waals surface area contributed by atoms with Crippen molar-refractivity contribution in [3.63, 3.8) is 0 Å². The molecule has 0 fully saturated rings. The number of ether oxygens (including phenoxy) is 2. The molecular weight excluding hydrogens is 173 g/mol. The monoisotopic (exact) mass is 179 g/mol. The van der Waals surface area contributed by atoms with Gasteiger partial charge < -0.3 is 9.47 Å². The molecule has 13 heavy (non-hydrogen) atoms. The third-order valence-electron chi connectivity index (χ3n) is 1.71. The fraction of sp³-hybridized carbons (Fsp3) is 0.222. The minimum atomic E-state index is -0.599. The van der Waals surface area contributed by atoms with E-state index in [1.165, 1.54) is 18.2 Å². The second-order valence-corrected chi connectivity index (χ2v) is 2.64. The standard InChI is InChI=1S/C9H6FNO2/c10-6-1-2-8-9(3-6)12-5-7(4-11)13-8/h1-3,7H,5H2. The first-order chi connectivity index (χ1) is 6.29. The van der Waals surface area contributed by atoms with Crippen LogP contribution in [0.4, 0.5) is 4.39 Å². The number of benzene rings is 1. The molecule has 3 nitrogen and oxygen atoms in total. The van der Waals surface area contributed by atoms with Crippen LogP contribution in [0.3, 0.4) is 0 Å². The van der Waals surface area contributed by atoms with Gasteiger partial charge in [0.05, 0.1) is 0 Å². The van der Waals surface area contributed by atoms with Crippen molar-refractivity contribution in [2.45, 2.75) is 6.10 Å². The van der Waals surface area contributed by atoms with Crippen LogP contribution in [0, 0.1) is 17.1 Å². The van der Waals surface area contributed by atoms with Crippen molar-refractivity contribution in [2.75, 3.05) is 6.61 Å². The van der Waals surface area contributed by atoms with Gasteiger partial charge in [0, 0.05) is 6.07 Å². The van der Waals surface area contributed by atoms with E-state index < -0.39 is 6.10 Å². The summed E-state index contributed by atoms with van der Waals surface area (Å²) in [5, 5.41) is 8.54. The van der Waals surface area contributed by atoms with E-state index in [2.05, 4.69) is 0 Å². The molecule has 1 atom stereocenters. The van der Waals surface area contributed by atoms with Gasteiger partial charge in [-0.1, -0.05) is 0 Å². The molecule has 1 aromatic rings. The molecule has 1 aromatic carbocycles. The largest absolute Gasteiger partial charge is 0.485 e. The number of rotatable bonds is 0. The van der Waals surface area contributed by atoms with Gasteiger partial charge in [-0.05, 0) is 12.1 Å². The first kappa shape index (κ1) is 7.87. The summed E-state index contributed by atoms with van der Waals surface area (Å²) >= 11 is 0. The van der Waals surface area contributed by atoms with Gasteiger partial charge in [0.25, 0.3) is 0 Å². The summed E-state index contributed by atoms with van der Waals surface area (Å²) in [6.07, 6.45) is -0.599. The van der Waals surface area contributed by atoms with E-state index in [0.717, 1.165) is 0 Å².